The van der Waals surface area contributed by atoms with Crippen LogP contribution in [0.2, 0.25) is 0 Å². The maximum Gasteiger partial charge on any atom is 0.223 e. The van der Waals surface area contributed by atoms with Gasteiger partial charge in [0.15, 0.2) is 0 Å². The number of carbonyl (C=O) groups is 1. The minimum atomic E-state index is -0.0960. The van der Waals surface area contributed by atoms with Crippen molar-refractivity contribution in [2.45, 2.75) is 59.4 Å². The molecule has 0 aromatic rings. The molecule has 2 atom stereocenters. The highest BCUT2D eigenvalue weighted by Gasteiger charge is 2.35. The van der Waals surface area contributed by atoms with Crippen molar-refractivity contribution in [2.24, 2.45) is 17.8 Å². The molecule has 0 heterocycles. The lowest BCUT2D eigenvalue weighted by Gasteiger charge is -2.27. The number of nitrogens with one attached hydrogen (secondary N) is 1. The van der Waals surface area contributed by atoms with Gasteiger partial charge in [-0.05, 0) is 45.4 Å². The van der Waals surface area contributed by atoms with Gasteiger partial charge >= 0.3 is 0 Å². The molecule has 0 unspecified atom stereocenters. The van der Waals surface area contributed by atoms with E-state index in [0.29, 0.717) is 11.8 Å². The molecular weight excluding hydrogens is 186 g/mol. The van der Waals surface area contributed by atoms with Crippen LogP contribution in [0.4, 0.5) is 0 Å². The summed E-state index contributed by atoms with van der Waals surface area (Å²) in [6.07, 6.45) is 3.51. The van der Waals surface area contributed by atoms with E-state index < -0.39 is 0 Å². The van der Waals surface area contributed by atoms with Crippen LogP contribution in [0.15, 0.2) is 0 Å². The predicted molar refractivity (Wildman–Crippen MR) is 63.6 cm³/mol. The number of amides is 1. The normalized spacial score (nSPS) is 27.1. The molecule has 0 spiro atoms. The SMILES string of the molecule is CC(C)[C@@H]1CCC[C@H]1C(=O)NC(C)(C)C. The van der Waals surface area contributed by atoms with E-state index in [1.54, 1.807) is 0 Å². The monoisotopic (exact) mass is 211 g/mol. The molecule has 0 bridgehead atoms. The molecule has 1 aliphatic rings. The Balaban J connectivity index is 2.59. The van der Waals surface area contributed by atoms with Gasteiger partial charge in [0, 0.05) is 11.5 Å². The largest absolute Gasteiger partial charge is 0.351 e. The molecule has 0 aromatic heterocycles. The second kappa shape index (κ2) is 4.54. The van der Waals surface area contributed by atoms with Crippen molar-refractivity contribution < 1.29 is 4.79 Å². The number of hydrogen-bond acceptors (Lipinski definition) is 1. The fraction of sp³-hybridized carbons (Fsp3) is 0.923. The zero-order valence-electron chi connectivity index (χ0n) is 10.8. The summed E-state index contributed by atoms with van der Waals surface area (Å²) in [5.41, 5.74) is -0.0960. The fourth-order valence-electron chi connectivity index (χ4n) is 2.57. The van der Waals surface area contributed by atoms with E-state index in [2.05, 4.69) is 19.2 Å². The Hall–Kier alpha value is -0.530. The molecule has 0 aliphatic heterocycles. The van der Waals surface area contributed by atoms with Gasteiger partial charge in [0.25, 0.3) is 0 Å². The Bertz CT molecular complexity index is 227. The predicted octanol–water partition coefficient (Wildman–Crippen LogP) is 2.97. The van der Waals surface area contributed by atoms with Crippen molar-refractivity contribution in [2.75, 3.05) is 0 Å². The van der Waals surface area contributed by atoms with E-state index >= 15 is 0 Å². The molecule has 1 aliphatic carbocycles. The van der Waals surface area contributed by atoms with Crippen molar-refractivity contribution in [3.8, 4) is 0 Å². The highest BCUT2D eigenvalue weighted by atomic mass is 16.2. The molecule has 0 radical (unpaired) electrons. The Morgan fingerprint density at radius 3 is 2.33 bits per heavy atom. The van der Waals surface area contributed by atoms with Crippen molar-refractivity contribution in [1.82, 2.24) is 5.32 Å². The zero-order chi connectivity index (χ0) is 11.6. The Labute approximate surface area is 93.8 Å². The van der Waals surface area contributed by atoms with E-state index in [-0.39, 0.29) is 17.4 Å². The van der Waals surface area contributed by atoms with E-state index in [4.69, 9.17) is 0 Å². The summed E-state index contributed by atoms with van der Waals surface area (Å²) >= 11 is 0. The van der Waals surface area contributed by atoms with Crippen LogP contribution < -0.4 is 5.32 Å². The Kier molecular flexibility index (Phi) is 3.80. The van der Waals surface area contributed by atoms with Gasteiger partial charge in [-0.15, -0.1) is 0 Å². The quantitative estimate of drug-likeness (QED) is 0.747. The van der Waals surface area contributed by atoms with Gasteiger partial charge in [-0.1, -0.05) is 20.3 Å². The third-order valence-corrected chi connectivity index (χ3v) is 3.26. The highest BCUT2D eigenvalue weighted by Crippen LogP contribution is 2.37. The minimum absolute atomic E-state index is 0.0960. The molecule has 1 amide bonds. The Morgan fingerprint density at radius 1 is 1.27 bits per heavy atom. The van der Waals surface area contributed by atoms with E-state index in [9.17, 15) is 4.79 Å². The van der Waals surface area contributed by atoms with E-state index in [1.807, 2.05) is 20.8 Å². The lowest BCUT2D eigenvalue weighted by atomic mass is 9.85. The Morgan fingerprint density at radius 2 is 1.87 bits per heavy atom. The van der Waals surface area contributed by atoms with Gasteiger partial charge in [0.1, 0.15) is 0 Å². The summed E-state index contributed by atoms with van der Waals surface area (Å²) in [4.78, 5) is 12.1. The van der Waals surface area contributed by atoms with Crippen LogP contribution in [0.25, 0.3) is 0 Å². The molecule has 1 fully saturated rings. The fourth-order valence-corrected chi connectivity index (χ4v) is 2.57. The summed E-state index contributed by atoms with van der Waals surface area (Å²) in [5.74, 6) is 1.73. The van der Waals surface area contributed by atoms with Gasteiger partial charge in [-0.2, -0.15) is 0 Å². The van der Waals surface area contributed by atoms with Gasteiger partial charge in [0.05, 0.1) is 0 Å². The van der Waals surface area contributed by atoms with Crippen LogP contribution in [0.3, 0.4) is 0 Å². The van der Waals surface area contributed by atoms with Crippen LogP contribution in [0, 0.1) is 17.8 Å². The third kappa shape index (κ3) is 3.51. The first kappa shape index (κ1) is 12.5. The molecule has 88 valence electrons. The van der Waals surface area contributed by atoms with Crippen LogP contribution in [0.1, 0.15) is 53.9 Å². The van der Waals surface area contributed by atoms with Crippen molar-refractivity contribution >= 4 is 5.91 Å². The summed E-state index contributed by atoms with van der Waals surface area (Å²) in [6, 6.07) is 0. The molecule has 1 saturated carbocycles. The molecule has 1 rings (SSSR count). The van der Waals surface area contributed by atoms with Crippen LogP contribution in [-0.4, -0.2) is 11.4 Å². The molecule has 2 heteroatoms. The van der Waals surface area contributed by atoms with Gasteiger partial charge in [-0.25, -0.2) is 0 Å². The average Bonchev–Trinajstić information content (AvgIpc) is 2.47. The van der Waals surface area contributed by atoms with E-state index in [1.165, 1.54) is 12.8 Å². The maximum absolute atomic E-state index is 12.1. The average molecular weight is 211 g/mol. The van der Waals surface area contributed by atoms with Crippen molar-refractivity contribution in [3.05, 3.63) is 0 Å². The third-order valence-electron chi connectivity index (χ3n) is 3.26. The molecule has 15 heavy (non-hydrogen) atoms. The smallest absolute Gasteiger partial charge is 0.223 e. The number of rotatable bonds is 2. The van der Waals surface area contributed by atoms with E-state index in [0.717, 1.165) is 6.42 Å². The van der Waals surface area contributed by atoms with Crippen LogP contribution >= 0.6 is 0 Å². The van der Waals surface area contributed by atoms with Crippen molar-refractivity contribution in [3.63, 3.8) is 0 Å². The lowest BCUT2D eigenvalue weighted by Crippen LogP contribution is -2.45. The molecule has 0 aromatic carbocycles. The van der Waals surface area contributed by atoms with Crippen LogP contribution in [0.5, 0.6) is 0 Å². The van der Waals surface area contributed by atoms with Gasteiger partial charge in [-0.3, -0.25) is 4.79 Å². The summed E-state index contributed by atoms with van der Waals surface area (Å²) in [5, 5.41) is 3.11. The molecule has 1 N–H and O–H groups in total. The minimum Gasteiger partial charge on any atom is -0.351 e. The molecule has 0 saturated heterocycles. The summed E-state index contributed by atoms with van der Waals surface area (Å²) < 4.78 is 0. The first-order valence-corrected chi connectivity index (χ1v) is 6.13. The molecular formula is C13H25NO. The number of carbonyl (C=O) groups excluding carboxylic acids is 1. The van der Waals surface area contributed by atoms with Gasteiger partial charge < -0.3 is 5.32 Å². The first-order valence-electron chi connectivity index (χ1n) is 6.13. The second-order valence-corrected chi connectivity index (χ2v) is 6.18. The first-order chi connectivity index (χ1) is 6.81. The van der Waals surface area contributed by atoms with Crippen molar-refractivity contribution in [1.29, 1.82) is 0 Å². The summed E-state index contributed by atoms with van der Waals surface area (Å²) in [6.45, 7) is 10.6. The second-order valence-electron chi connectivity index (χ2n) is 6.18. The highest BCUT2D eigenvalue weighted by molar-refractivity contribution is 5.79. The summed E-state index contributed by atoms with van der Waals surface area (Å²) in [7, 11) is 0. The topological polar surface area (TPSA) is 29.1 Å². The van der Waals surface area contributed by atoms with Crippen LogP contribution in [-0.2, 0) is 4.79 Å². The number of hydrogen-bond donors (Lipinski definition) is 1. The van der Waals surface area contributed by atoms with Gasteiger partial charge in [0.2, 0.25) is 5.91 Å². The maximum atomic E-state index is 12.1. The lowest BCUT2D eigenvalue weighted by molar-refractivity contribution is -0.128. The zero-order valence-corrected chi connectivity index (χ0v) is 10.8. The standard InChI is InChI=1S/C13H25NO/c1-9(2)10-7-6-8-11(10)12(15)14-13(3,4)5/h9-11H,6-8H2,1-5H3,(H,14,15)/t10-,11+/m0/s1. The molecule has 2 nitrogen and oxygen atoms in total.